The molecule has 0 spiro atoms. The fourth-order valence-electron chi connectivity index (χ4n) is 1.12. The number of hydrogen-bond donors (Lipinski definition) is 1. The van der Waals surface area contributed by atoms with Gasteiger partial charge in [-0.1, -0.05) is 11.6 Å². The number of nitrogens with one attached hydrogen (secondary N) is 1. The summed E-state index contributed by atoms with van der Waals surface area (Å²) in [5.41, 5.74) is 0. The molecule has 0 aliphatic carbocycles. The number of nitrogens with zero attached hydrogens (tertiary/aromatic N) is 3. The van der Waals surface area contributed by atoms with E-state index in [0.717, 1.165) is 0 Å². The SMILES string of the molecule is O=S(=O)(Nc1nccnn1)c1ccc(Cl)c(Br)c1. The molecule has 94 valence electrons. The third kappa shape index (κ3) is 2.95. The van der Waals surface area contributed by atoms with Gasteiger partial charge in [0.05, 0.1) is 22.3 Å². The van der Waals surface area contributed by atoms with Crippen molar-refractivity contribution < 1.29 is 8.42 Å². The molecule has 1 aromatic heterocycles. The first-order valence-corrected chi connectivity index (χ1v) is 7.26. The molecule has 1 heterocycles. The van der Waals surface area contributed by atoms with Gasteiger partial charge in [-0.2, -0.15) is 5.10 Å². The Bertz CT molecular complexity index is 666. The van der Waals surface area contributed by atoms with Gasteiger partial charge in [0.1, 0.15) is 0 Å². The van der Waals surface area contributed by atoms with Crippen LogP contribution in [0, 0.1) is 0 Å². The molecule has 0 amide bonds. The molecule has 18 heavy (non-hydrogen) atoms. The van der Waals surface area contributed by atoms with Gasteiger partial charge >= 0.3 is 0 Å². The van der Waals surface area contributed by atoms with E-state index in [-0.39, 0.29) is 10.8 Å². The first-order valence-electron chi connectivity index (χ1n) is 4.60. The molecule has 0 fully saturated rings. The van der Waals surface area contributed by atoms with Gasteiger partial charge in [0.2, 0.25) is 0 Å². The second-order valence-electron chi connectivity index (χ2n) is 3.15. The van der Waals surface area contributed by atoms with Crippen LogP contribution in [0.2, 0.25) is 5.02 Å². The number of hydrogen-bond acceptors (Lipinski definition) is 5. The molecule has 2 rings (SSSR count). The van der Waals surface area contributed by atoms with E-state index in [4.69, 9.17) is 11.6 Å². The van der Waals surface area contributed by atoms with Crippen molar-refractivity contribution in [3.63, 3.8) is 0 Å². The Hall–Kier alpha value is -1.25. The number of aromatic nitrogens is 3. The van der Waals surface area contributed by atoms with E-state index in [9.17, 15) is 8.42 Å². The van der Waals surface area contributed by atoms with Crippen LogP contribution < -0.4 is 4.72 Å². The van der Waals surface area contributed by atoms with Crippen molar-refractivity contribution in [2.75, 3.05) is 4.72 Å². The zero-order valence-electron chi connectivity index (χ0n) is 8.71. The maximum Gasteiger partial charge on any atom is 0.264 e. The van der Waals surface area contributed by atoms with Gasteiger partial charge in [0, 0.05) is 4.47 Å². The summed E-state index contributed by atoms with van der Waals surface area (Å²) in [6.07, 6.45) is 2.68. The first kappa shape index (κ1) is 13.2. The molecule has 0 saturated heterocycles. The molecular formula is C9H6BrClN4O2S. The number of halogens is 2. The highest BCUT2D eigenvalue weighted by atomic mass is 79.9. The van der Waals surface area contributed by atoms with Crippen LogP contribution in [-0.4, -0.2) is 23.6 Å². The van der Waals surface area contributed by atoms with E-state index in [1.54, 1.807) is 0 Å². The van der Waals surface area contributed by atoms with Gasteiger partial charge < -0.3 is 0 Å². The monoisotopic (exact) mass is 348 g/mol. The van der Waals surface area contributed by atoms with Crippen LogP contribution in [-0.2, 0) is 10.0 Å². The normalized spacial score (nSPS) is 11.2. The predicted octanol–water partition coefficient (Wildman–Crippen LogP) is 2.09. The quantitative estimate of drug-likeness (QED) is 0.917. The van der Waals surface area contributed by atoms with Gasteiger partial charge in [-0.05, 0) is 34.1 Å². The van der Waals surface area contributed by atoms with Crippen molar-refractivity contribution in [2.45, 2.75) is 4.90 Å². The minimum Gasteiger partial charge on any atom is -0.246 e. The van der Waals surface area contributed by atoms with Crippen molar-refractivity contribution in [2.24, 2.45) is 0 Å². The summed E-state index contributed by atoms with van der Waals surface area (Å²) < 4.78 is 26.7. The molecule has 0 radical (unpaired) electrons. The molecular weight excluding hydrogens is 344 g/mol. The van der Waals surface area contributed by atoms with E-state index >= 15 is 0 Å². The van der Waals surface area contributed by atoms with Crippen molar-refractivity contribution >= 4 is 43.5 Å². The maximum absolute atomic E-state index is 12.0. The Morgan fingerprint density at radius 1 is 1.28 bits per heavy atom. The lowest BCUT2D eigenvalue weighted by Gasteiger charge is -2.06. The summed E-state index contributed by atoms with van der Waals surface area (Å²) in [6.45, 7) is 0. The zero-order valence-corrected chi connectivity index (χ0v) is 11.9. The van der Waals surface area contributed by atoms with E-state index < -0.39 is 10.0 Å². The Labute approximate surface area is 117 Å². The van der Waals surface area contributed by atoms with Crippen LogP contribution in [0.5, 0.6) is 0 Å². The minimum absolute atomic E-state index is 0.0474. The molecule has 6 nitrogen and oxygen atoms in total. The molecule has 0 atom stereocenters. The van der Waals surface area contributed by atoms with Gasteiger partial charge in [-0.25, -0.2) is 18.1 Å². The Kier molecular flexibility index (Phi) is 3.79. The number of benzene rings is 1. The standard InChI is InChI=1S/C9H6BrClN4O2S/c10-7-5-6(1-2-8(7)11)18(16,17)15-9-12-3-4-13-14-9/h1-5H,(H,12,14,15). The second kappa shape index (κ2) is 5.17. The van der Waals surface area contributed by atoms with Crippen LogP contribution in [0.3, 0.4) is 0 Å². The fourth-order valence-corrected chi connectivity index (χ4v) is 2.74. The average molecular weight is 350 g/mol. The number of sulfonamides is 1. The number of rotatable bonds is 3. The Morgan fingerprint density at radius 2 is 2.06 bits per heavy atom. The molecule has 1 aromatic carbocycles. The van der Waals surface area contributed by atoms with Gasteiger partial charge in [0.15, 0.2) is 0 Å². The van der Waals surface area contributed by atoms with E-state index in [1.165, 1.54) is 30.6 Å². The fraction of sp³-hybridized carbons (Fsp3) is 0. The molecule has 0 saturated carbocycles. The molecule has 2 aromatic rings. The summed E-state index contributed by atoms with van der Waals surface area (Å²) in [6, 6.07) is 4.25. The molecule has 1 N–H and O–H groups in total. The van der Waals surface area contributed by atoms with Crippen LogP contribution in [0.4, 0.5) is 5.95 Å². The highest BCUT2D eigenvalue weighted by Gasteiger charge is 2.16. The summed E-state index contributed by atoms with van der Waals surface area (Å²) in [5, 5.41) is 7.49. The zero-order chi connectivity index (χ0) is 13.2. The summed E-state index contributed by atoms with van der Waals surface area (Å²) in [5.74, 6) is -0.0939. The van der Waals surface area contributed by atoms with E-state index in [0.29, 0.717) is 9.50 Å². The maximum atomic E-state index is 12.0. The van der Waals surface area contributed by atoms with E-state index in [2.05, 4.69) is 35.8 Å². The van der Waals surface area contributed by atoms with Crippen molar-refractivity contribution in [1.82, 2.24) is 15.2 Å². The molecule has 0 bridgehead atoms. The van der Waals surface area contributed by atoms with Crippen molar-refractivity contribution in [1.29, 1.82) is 0 Å². The van der Waals surface area contributed by atoms with Crippen LogP contribution >= 0.6 is 27.5 Å². The van der Waals surface area contributed by atoms with Gasteiger partial charge in [-0.15, -0.1) is 5.10 Å². The third-order valence-corrected chi connectivity index (χ3v) is 4.45. The van der Waals surface area contributed by atoms with Gasteiger partial charge in [0.25, 0.3) is 16.0 Å². The van der Waals surface area contributed by atoms with Crippen molar-refractivity contribution in [3.05, 3.63) is 40.1 Å². The molecule has 0 aliphatic rings. The van der Waals surface area contributed by atoms with Crippen LogP contribution in [0.1, 0.15) is 0 Å². The number of anilines is 1. The largest absolute Gasteiger partial charge is 0.264 e. The molecule has 0 unspecified atom stereocenters. The smallest absolute Gasteiger partial charge is 0.246 e. The van der Waals surface area contributed by atoms with Gasteiger partial charge in [-0.3, -0.25) is 0 Å². The van der Waals surface area contributed by atoms with Crippen molar-refractivity contribution in [3.8, 4) is 0 Å². The minimum atomic E-state index is -3.76. The second-order valence-corrected chi connectivity index (χ2v) is 6.09. The Morgan fingerprint density at radius 3 is 2.67 bits per heavy atom. The highest BCUT2D eigenvalue weighted by molar-refractivity contribution is 9.10. The topological polar surface area (TPSA) is 84.8 Å². The lowest BCUT2D eigenvalue weighted by atomic mass is 10.4. The Balaban J connectivity index is 2.34. The lowest BCUT2D eigenvalue weighted by Crippen LogP contribution is -2.15. The molecule has 9 heteroatoms. The van der Waals surface area contributed by atoms with Crippen LogP contribution in [0.15, 0.2) is 40.0 Å². The summed E-state index contributed by atoms with van der Waals surface area (Å²) in [7, 11) is -3.76. The summed E-state index contributed by atoms with van der Waals surface area (Å²) in [4.78, 5) is 3.78. The first-order chi connectivity index (χ1) is 8.49. The highest BCUT2D eigenvalue weighted by Crippen LogP contribution is 2.25. The predicted molar refractivity (Wildman–Crippen MR) is 69.8 cm³/mol. The lowest BCUT2D eigenvalue weighted by molar-refractivity contribution is 0.600. The molecule has 0 aliphatic heterocycles. The van der Waals surface area contributed by atoms with Crippen LogP contribution in [0.25, 0.3) is 0 Å². The average Bonchev–Trinajstić information content (AvgIpc) is 2.33. The summed E-state index contributed by atoms with van der Waals surface area (Å²) >= 11 is 8.95. The third-order valence-electron chi connectivity index (χ3n) is 1.91. The van der Waals surface area contributed by atoms with E-state index in [1.807, 2.05) is 0 Å².